The number of hydrogen-bond donors (Lipinski definition) is 2. The molecule has 2 aromatic carbocycles. The Hall–Kier alpha value is -3.02. The quantitative estimate of drug-likeness (QED) is 0.886. The zero-order valence-electron chi connectivity index (χ0n) is 11.9. The summed E-state index contributed by atoms with van der Waals surface area (Å²) >= 11 is 0. The molecule has 0 saturated heterocycles. The van der Waals surface area contributed by atoms with Crippen molar-refractivity contribution in [3.8, 4) is 5.75 Å². The van der Waals surface area contributed by atoms with Crippen LogP contribution in [0.3, 0.4) is 0 Å². The van der Waals surface area contributed by atoms with Gasteiger partial charge in [-0.15, -0.1) is 0 Å². The largest absolute Gasteiger partial charge is 0.497 e. The third-order valence-corrected chi connectivity index (χ3v) is 2.85. The average molecular weight is 301 g/mol. The number of nitrogens with one attached hydrogen (secondary N) is 1. The normalized spacial score (nSPS) is 9.86. The number of carboxylic acid groups (broad SMARTS) is 1. The van der Waals surface area contributed by atoms with E-state index in [-0.39, 0.29) is 17.9 Å². The molecule has 6 heteroatoms. The second-order valence-corrected chi connectivity index (χ2v) is 4.44. The number of carbonyl (C=O) groups is 2. The molecule has 0 atom stereocenters. The molecule has 2 aromatic rings. The lowest BCUT2D eigenvalue weighted by Gasteiger charge is -2.09. The van der Waals surface area contributed by atoms with Gasteiger partial charge in [0.25, 0.3) is 0 Å². The molecule has 0 aromatic heterocycles. The van der Waals surface area contributed by atoms with Crippen LogP contribution in [0.2, 0.25) is 0 Å². The van der Waals surface area contributed by atoms with Crippen molar-refractivity contribution in [1.82, 2.24) is 0 Å². The average Bonchev–Trinajstić information content (AvgIpc) is 2.53. The van der Waals surface area contributed by atoms with Crippen LogP contribution in [0.1, 0.15) is 15.9 Å². The number of amides is 1. The van der Waals surface area contributed by atoms with E-state index >= 15 is 0 Å². The molecule has 1 amide bonds. The lowest BCUT2D eigenvalue weighted by molar-refractivity contribution is 0.0696. The maximum absolute atomic E-state index is 11.7. The highest BCUT2D eigenvalue weighted by Gasteiger charge is 2.10. The zero-order chi connectivity index (χ0) is 15.9. The number of rotatable bonds is 5. The van der Waals surface area contributed by atoms with Gasteiger partial charge in [0.05, 0.1) is 12.7 Å². The second kappa shape index (κ2) is 7.12. The first kappa shape index (κ1) is 15.4. The van der Waals surface area contributed by atoms with Gasteiger partial charge in [0.1, 0.15) is 12.4 Å². The second-order valence-electron chi connectivity index (χ2n) is 4.44. The Morgan fingerprint density at radius 1 is 1.14 bits per heavy atom. The molecule has 0 fully saturated rings. The standard InChI is InChI=1S/C16H15NO5/c1-21-14-8-12(15(18)19)7-13(9-14)17-16(20)22-10-11-5-3-2-4-6-11/h2-9H,10H2,1H3,(H,17,20)(H,18,19). The first-order chi connectivity index (χ1) is 10.6. The predicted octanol–water partition coefficient (Wildman–Crippen LogP) is 3.14. The molecule has 2 N–H and O–H groups in total. The van der Waals surface area contributed by atoms with E-state index in [2.05, 4.69) is 5.32 Å². The number of carbonyl (C=O) groups excluding carboxylic acids is 1. The Labute approximate surface area is 127 Å². The topological polar surface area (TPSA) is 84.9 Å². The fourth-order valence-corrected chi connectivity index (χ4v) is 1.79. The van der Waals surface area contributed by atoms with Crippen molar-refractivity contribution in [2.24, 2.45) is 0 Å². The van der Waals surface area contributed by atoms with Crippen LogP contribution in [-0.2, 0) is 11.3 Å². The molecule has 22 heavy (non-hydrogen) atoms. The number of benzene rings is 2. The molecule has 0 spiro atoms. The molecule has 0 aliphatic carbocycles. The van der Waals surface area contributed by atoms with Gasteiger partial charge in [0, 0.05) is 11.8 Å². The molecular weight excluding hydrogens is 286 g/mol. The van der Waals surface area contributed by atoms with E-state index in [9.17, 15) is 9.59 Å². The zero-order valence-corrected chi connectivity index (χ0v) is 11.9. The van der Waals surface area contributed by atoms with E-state index in [1.54, 1.807) is 0 Å². The summed E-state index contributed by atoms with van der Waals surface area (Å²) in [5.74, 6) is -0.780. The lowest BCUT2D eigenvalue weighted by atomic mass is 10.2. The Bertz CT molecular complexity index is 669. The van der Waals surface area contributed by atoms with Gasteiger partial charge in [-0.2, -0.15) is 0 Å². The van der Waals surface area contributed by atoms with E-state index in [1.165, 1.54) is 25.3 Å². The highest BCUT2D eigenvalue weighted by atomic mass is 16.5. The Morgan fingerprint density at radius 2 is 1.86 bits per heavy atom. The van der Waals surface area contributed by atoms with Gasteiger partial charge in [0.15, 0.2) is 0 Å². The monoisotopic (exact) mass is 301 g/mol. The molecule has 0 unspecified atom stereocenters. The van der Waals surface area contributed by atoms with Crippen molar-refractivity contribution in [1.29, 1.82) is 0 Å². The Morgan fingerprint density at radius 3 is 2.50 bits per heavy atom. The van der Waals surface area contributed by atoms with Gasteiger partial charge in [-0.25, -0.2) is 9.59 Å². The van der Waals surface area contributed by atoms with E-state index in [1.807, 2.05) is 30.3 Å². The van der Waals surface area contributed by atoms with Crippen molar-refractivity contribution >= 4 is 17.7 Å². The fraction of sp³-hybridized carbons (Fsp3) is 0.125. The fourth-order valence-electron chi connectivity index (χ4n) is 1.79. The van der Waals surface area contributed by atoms with Crippen LogP contribution in [0.15, 0.2) is 48.5 Å². The van der Waals surface area contributed by atoms with Crippen molar-refractivity contribution in [3.63, 3.8) is 0 Å². The highest BCUT2D eigenvalue weighted by molar-refractivity contribution is 5.92. The maximum Gasteiger partial charge on any atom is 0.411 e. The molecule has 0 saturated carbocycles. The minimum atomic E-state index is -1.11. The summed E-state index contributed by atoms with van der Waals surface area (Å²) < 4.78 is 10.1. The third-order valence-electron chi connectivity index (χ3n) is 2.85. The first-order valence-corrected chi connectivity index (χ1v) is 6.48. The van der Waals surface area contributed by atoms with Crippen LogP contribution in [-0.4, -0.2) is 24.3 Å². The molecule has 114 valence electrons. The Kier molecular flexibility index (Phi) is 4.98. The number of aromatic carboxylic acids is 1. The summed E-state index contributed by atoms with van der Waals surface area (Å²) in [6.45, 7) is 0.127. The lowest BCUT2D eigenvalue weighted by Crippen LogP contribution is -2.14. The summed E-state index contributed by atoms with van der Waals surface area (Å²) in [5, 5.41) is 11.5. The van der Waals surface area contributed by atoms with Gasteiger partial charge in [-0.1, -0.05) is 30.3 Å². The molecule has 2 rings (SSSR count). The van der Waals surface area contributed by atoms with E-state index in [4.69, 9.17) is 14.6 Å². The van der Waals surface area contributed by atoms with Crippen LogP contribution in [0.25, 0.3) is 0 Å². The SMILES string of the molecule is COc1cc(NC(=O)OCc2ccccc2)cc(C(=O)O)c1. The van der Waals surface area contributed by atoms with Crippen LogP contribution in [0, 0.1) is 0 Å². The molecule has 0 radical (unpaired) electrons. The van der Waals surface area contributed by atoms with Crippen molar-refractivity contribution in [2.75, 3.05) is 12.4 Å². The van der Waals surface area contributed by atoms with Crippen molar-refractivity contribution < 1.29 is 24.2 Å². The van der Waals surface area contributed by atoms with E-state index in [0.29, 0.717) is 5.75 Å². The Balaban J connectivity index is 2.01. The van der Waals surface area contributed by atoms with Gasteiger partial charge >= 0.3 is 12.1 Å². The molecule has 0 heterocycles. The van der Waals surface area contributed by atoms with E-state index < -0.39 is 12.1 Å². The number of anilines is 1. The summed E-state index contributed by atoms with van der Waals surface area (Å²) in [6, 6.07) is 13.4. The summed E-state index contributed by atoms with van der Waals surface area (Å²) in [7, 11) is 1.42. The molecule has 0 aliphatic heterocycles. The van der Waals surface area contributed by atoms with Crippen LogP contribution < -0.4 is 10.1 Å². The summed E-state index contributed by atoms with van der Waals surface area (Å²) in [5.41, 5.74) is 1.15. The van der Waals surface area contributed by atoms with Gasteiger partial charge in [-0.3, -0.25) is 5.32 Å². The van der Waals surface area contributed by atoms with Crippen LogP contribution >= 0.6 is 0 Å². The number of carboxylic acids is 1. The highest BCUT2D eigenvalue weighted by Crippen LogP contribution is 2.21. The molecule has 0 aliphatic rings. The van der Waals surface area contributed by atoms with Crippen molar-refractivity contribution in [2.45, 2.75) is 6.61 Å². The molecule has 6 nitrogen and oxygen atoms in total. The number of methoxy groups -OCH3 is 1. The van der Waals surface area contributed by atoms with Crippen LogP contribution in [0.5, 0.6) is 5.75 Å². The molecular formula is C16H15NO5. The minimum absolute atomic E-state index is 0.0118. The number of hydrogen-bond acceptors (Lipinski definition) is 4. The summed E-state index contributed by atoms with van der Waals surface area (Å²) in [6.07, 6.45) is -0.673. The smallest absolute Gasteiger partial charge is 0.411 e. The third kappa shape index (κ3) is 4.24. The molecule has 0 bridgehead atoms. The minimum Gasteiger partial charge on any atom is -0.497 e. The van der Waals surface area contributed by atoms with Crippen molar-refractivity contribution in [3.05, 3.63) is 59.7 Å². The van der Waals surface area contributed by atoms with E-state index in [0.717, 1.165) is 5.56 Å². The van der Waals surface area contributed by atoms with Gasteiger partial charge in [-0.05, 0) is 17.7 Å². The first-order valence-electron chi connectivity index (χ1n) is 6.48. The van der Waals surface area contributed by atoms with Crippen LogP contribution in [0.4, 0.5) is 10.5 Å². The number of ether oxygens (including phenoxy) is 2. The van der Waals surface area contributed by atoms with Gasteiger partial charge < -0.3 is 14.6 Å². The maximum atomic E-state index is 11.7. The van der Waals surface area contributed by atoms with Gasteiger partial charge in [0.2, 0.25) is 0 Å². The summed E-state index contributed by atoms with van der Waals surface area (Å²) in [4.78, 5) is 22.8. The predicted molar refractivity (Wildman–Crippen MR) is 80.2 cm³/mol.